The van der Waals surface area contributed by atoms with Gasteiger partial charge in [-0.15, -0.1) is 0 Å². The Kier molecular flexibility index (Phi) is 4.05. The van der Waals surface area contributed by atoms with Crippen molar-refractivity contribution >= 4 is 35.0 Å². The molecular weight excluding hydrogens is 235 g/mol. The molecule has 15 heavy (non-hydrogen) atoms. The van der Waals surface area contributed by atoms with Gasteiger partial charge in [-0.3, -0.25) is 4.99 Å². The Morgan fingerprint density at radius 1 is 1.53 bits per heavy atom. The minimum Gasteiger partial charge on any atom is -0.402 e. The van der Waals surface area contributed by atoms with Crippen molar-refractivity contribution in [2.24, 2.45) is 10.7 Å². The maximum absolute atomic E-state index is 5.94. The molecule has 80 valence electrons. The third-order valence-electron chi connectivity index (χ3n) is 1.65. The molecule has 0 spiro atoms. The van der Waals surface area contributed by atoms with Crippen molar-refractivity contribution in [3.63, 3.8) is 0 Å². The van der Waals surface area contributed by atoms with Crippen molar-refractivity contribution < 1.29 is 0 Å². The van der Waals surface area contributed by atoms with Crippen LogP contribution in [0.2, 0.25) is 10.3 Å². The van der Waals surface area contributed by atoms with Crippen LogP contribution in [0.4, 0.5) is 0 Å². The van der Waals surface area contributed by atoms with Crippen LogP contribution in [0.25, 0.3) is 5.57 Å². The lowest BCUT2D eigenvalue weighted by Crippen LogP contribution is -2.02. The minimum absolute atomic E-state index is 0.123. The highest BCUT2D eigenvalue weighted by molar-refractivity contribution is 6.34. The van der Waals surface area contributed by atoms with Gasteiger partial charge in [-0.1, -0.05) is 11.6 Å². The van der Waals surface area contributed by atoms with E-state index in [-0.39, 0.29) is 5.28 Å². The molecule has 6 heteroatoms. The summed E-state index contributed by atoms with van der Waals surface area (Å²) in [6, 6.07) is 0. The minimum atomic E-state index is 0.123. The summed E-state index contributed by atoms with van der Waals surface area (Å²) in [5.74, 6) is 0. The molecule has 0 saturated carbocycles. The molecule has 0 atom stereocenters. The molecule has 1 aromatic heterocycles. The lowest BCUT2D eigenvalue weighted by molar-refractivity contribution is 1.14. The lowest BCUT2D eigenvalue weighted by atomic mass is 10.1. The van der Waals surface area contributed by atoms with Crippen molar-refractivity contribution in [1.82, 2.24) is 9.97 Å². The molecule has 0 unspecified atom stereocenters. The van der Waals surface area contributed by atoms with E-state index in [1.807, 2.05) is 0 Å². The van der Waals surface area contributed by atoms with Gasteiger partial charge in [0.05, 0.1) is 16.9 Å². The second-order valence-corrected chi connectivity index (χ2v) is 3.56. The first-order valence-corrected chi connectivity index (χ1v) is 4.88. The summed E-state index contributed by atoms with van der Waals surface area (Å²) in [6.07, 6.45) is 3.01. The Morgan fingerprint density at radius 3 is 2.73 bits per heavy atom. The highest BCUT2D eigenvalue weighted by Gasteiger charge is 2.10. The predicted octanol–water partition coefficient (Wildman–Crippen LogP) is 2.17. The van der Waals surface area contributed by atoms with Crippen molar-refractivity contribution in [2.75, 3.05) is 7.05 Å². The molecular formula is C9H10Cl2N4. The van der Waals surface area contributed by atoms with Crippen molar-refractivity contribution in [1.29, 1.82) is 0 Å². The Morgan fingerprint density at radius 2 is 2.20 bits per heavy atom. The van der Waals surface area contributed by atoms with Gasteiger partial charge in [-0.2, -0.15) is 0 Å². The average molecular weight is 245 g/mol. The van der Waals surface area contributed by atoms with E-state index in [0.29, 0.717) is 22.0 Å². The molecule has 0 fully saturated rings. The largest absolute Gasteiger partial charge is 0.402 e. The normalized spacial score (nSPS) is 13.1. The Balaban J connectivity index is 3.36. The van der Waals surface area contributed by atoms with Gasteiger partial charge in [0.1, 0.15) is 0 Å². The highest BCUT2D eigenvalue weighted by atomic mass is 35.5. The summed E-state index contributed by atoms with van der Waals surface area (Å²) in [5, 5.41) is 0.511. The van der Waals surface area contributed by atoms with E-state index in [4.69, 9.17) is 28.9 Å². The smallest absolute Gasteiger partial charge is 0.222 e. The van der Waals surface area contributed by atoms with Crippen LogP contribution in [0.5, 0.6) is 0 Å². The summed E-state index contributed by atoms with van der Waals surface area (Å²) in [4.78, 5) is 11.6. The SMILES string of the molecule is CN=CC(=C(C)N)c1nc(Cl)ncc1Cl. The van der Waals surface area contributed by atoms with Crippen LogP contribution in [0, 0.1) is 0 Å². The molecule has 2 N–H and O–H groups in total. The van der Waals surface area contributed by atoms with Gasteiger partial charge in [0.25, 0.3) is 0 Å². The number of nitrogens with two attached hydrogens (primary N) is 1. The van der Waals surface area contributed by atoms with E-state index in [2.05, 4.69) is 15.0 Å². The quantitative estimate of drug-likeness (QED) is 0.641. The van der Waals surface area contributed by atoms with Gasteiger partial charge in [-0.25, -0.2) is 9.97 Å². The van der Waals surface area contributed by atoms with Crippen LogP contribution >= 0.6 is 23.2 Å². The molecule has 0 aliphatic rings. The summed E-state index contributed by atoms with van der Waals surface area (Å²) >= 11 is 11.6. The number of hydrogen-bond acceptors (Lipinski definition) is 4. The monoisotopic (exact) mass is 244 g/mol. The highest BCUT2D eigenvalue weighted by Crippen LogP contribution is 2.22. The van der Waals surface area contributed by atoms with Gasteiger partial charge in [0.2, 0.25) is 5.28 Å². The average Bonchev–Trinajstić information content (AvgIpc) is 2.18. The fourth-order valence-electron chi connectivity index (χ4n) is 1.01. The van der Waals surface area contributed by atoms with Gasteiger partial charge < -0.3 is 5.73 Å². The van der Waals surface area contributed by atoms with E-state index >= 15 is 0 Å². The summed E-state index contributed by atoms with van der Waals surface area (Å²) in [5.41, 5.74) is 7.40. The van der Waals surface area contributed by atoms with Crippen molar-refractivity contribution in [3.05, 3.63) is 27.9 Å². The van der Waals surface area contributed by atoms with Crippen LogP contribution in [0.1, 0.15) is 12.6 Å². The third kappa shape index (κ3) is 2.91. The molecule has 1 heterocycles. The van der Waals surface area contributed by atoms with Crippen molar-refractivity contribution in [3.8, 4) is 0 Å². The number of halogens is 2. The van der Waals surface area contributed by atoms with Crippen LogP contribution in [-0.4, -0.2) is 23.2 Å². The Bertz CT molecular complexity index is 422. The summed E-state index contributed by atoms with van der Waals surface area (Å²) in [6.45, 7) is 1.74. The van der Waals surface area contributed by atoms with E-state index in [1.54, 1.807) is 20.2 Å². The zero-order valence-corrected chi connectivity index (χ0v) is 9.84. The summed E-state index contributed by atoms with van der Waals surface area (Å²) in [7, 11) is 1.64. The van der Waals surface area contributed by atoms with Gasteiger partial charge in [0.15, 0.2) is 0 Å². The van der Waals surface area contributed by atoms with Gasteiger partial charge >= 0.3 is 0 Å². The number of aliphatic imine (C=N–C) groups is 1. The first-order valence-electron chi connectivity index (χ1n) is 4.13. The summed E-state index contributed by atoms with van der Waals surface area (Å²) < 4.78 is 0. The van der Waals surface area contributed by atoms with Gasteiger partial charge in [-0.05, 0) is 18.5 Å². The van der Waals surface area contributed by atoms with Crippen LogP contribution in [0.3, 0.4) is 0 Å². The number of nitrogens with zero attached hydrogens (tertiary/aromatic N) is 3. The first-order chi connectivity index (χ1) is 7.06. The fourth-order valence-corrected chi connectivity index (χ4v) is 1.34. The molecule has 0 aliphatic heterocycles. The first kappa shape index (κ1) is 11.9. The van der Waals surface area contributed by atoms with Crippen LogP contribution in [-0.2, 0) is 0 Å². The lowest BCUT2D eigenvalue weighted by Gasteiger charge is -2.05. The van der Waals surface area contributed by atoms with Gasteiger partial charge in [0, 0.05) is 24.5 Å². The molecule has 1 rings (SSSR count). The molecule has 0 aliphatic carbocycles. The zero-order valence-electron chi connectivity index (χ0n) is 8.33. The third-order valence-corrected chi connectivity index (χ3v) is 2.11. The molecule has 0 aromatic carbocycles. The van der Waals surface area contributed by atoms with Crippen LogP contribution in [0.15, 0.2) is 16.9 Å². The zero-order chi connectivity index (χ0) is 11.4. The van der Waals surface area contributed by atoms with Crippen LogP contribution < -0.4 is 5.73 Å². The fraction of sp³-hybridized carbons (Fsp3) is 0.222. The maximum Gasteiger partial charge on any atom is 0.222 e. The number of allylic oxidation sites excluding steroid dienone is 2. The van der Waals surface area contributed by atoms with E-state index in [1.165, 1.54) is 6.20 Å². The topological polar surface area (TPSA) is 64.2 Å². The standard InChI is InChI=1S/C9H10Cl2N4/c1-5(12)6(3-13-2)8-7(10)4-14-9(11)15-8/h3-4H,12H2,1-2H3. The molecule has 0 saturated heterocycles. The second kappa shape index (κ2) is 5.09. The molecule has 1 aromatic rings. The number of aromatic nitrogens is 2. The molecule has 0 amide bonds. The maximum atomic E-state index is 5.94. The van der Waals surface area contributed by atoms with Crippen molar-refractivity contribution in [2.45, 2.75) is 6.92 Å². The molecule has 4 nitrogen and oxygen atoms in total. The predicted molar refractivity (Wildman–Crippen MR) is 63.2 cm³/mol. The number of hydrogen-bond donors (Lipinski definition) is 1. The molecule has 0 bridgehead atoms. The number of rotatable bonds is 2. The second-order valence-electron chi connectivity index (χ2n) is 2.82. The Labute approximate surface area is 97.8 Å². The van der Waals surface area contributed by atoms with E-state index in [9.17, 15) is 0 Å². The van der Waals surface area contributed by atoms with E-state index in [0.717, 1.165) is 0 Å². The molecule has 0 radical (unpaired) electrons. The van der Waals surface area contributed by atoms with E-state index < -0.39 is 0 Å². The Hall–Kier alpha value is -1.13.